The first-order valence-corrected chi connectivity index (χ1v) is 10.2. The zero-order valence-corrected chi connectivity index (χ0v) is 16.9. The Labute approximate surface area is 162 Å². The molecule has 27 heavy (non-hydrogen) atoms. The molecule has 1 aromatic rings. The first-order chi connectivity index (χ1) is 13.2. The summed E-state index contributed by atoms with van der Waals surface area (Å²) in [4.78, 5) is 11.3. The van der Waals surface area contributed by atoms with Gasteiger partial charge in [0.05, 0.1) is 31.5 Å². The Bertz CT molecular complexity index is 564. The quantitative estimate of drug-likeness (QED) is 0.698. The summed E-state index contributed by atoms with van der Waals surface area (Å²) in [7, 11) is 1.70. The molecule has 2 saturated heterocycles. The van der Waals surface area contributed by atoms with Crippen LogP contribution in [0.3, 0.4) is 0 Å². The zero-order chi connectivity index (χ0) is 19.1. The molecule has 0 saturated carbocycles. The number of hydrogen-bond donors (Lipinski definition) is 1. The minimum atomic E-state index is 0.233. The molecule has 0 aromatic carbocycles. The van der Waals surface area contributed by atoms with Gasteiger partial charge in [-0.25, -0.2) is 9.97 Å². The lowest BCUT2D eigenvalue weighted by atomic mass is 9.93. The molecular formula is C20H34N4O3. The smallest absolute Gasteiger partial charge is 0.134 e. The van der Waals surface area contributed by atoms with Crippen molar-refractivity contribution in [2.75, 3.05) is 50.2 Å². The largest absolute Gasteiger partial charge is 0.382 e. The third-order valence-corrected chi connectivity index (χ3v) is 5.42. The molecular weight excluding hydrogens is 344 g/mol. The van der Waals surface area contributed by atoms with Crippen molar-refractivity contribution in [3.8, 4) is 0 Å². The Hall–Kier alpha value is -1.44. The molecule has 1 aromatic heterocycles. The van der Waals surface area contributed by atoms with Crippen LogP contribution in [0.2, 0.25) is 0 Å². The Morgan fingerprint density at radius 2 is 2.04 bits per heavy atom. The molecule has 7 heteroatoms. The van der Waals surface area contributed by atoms with Gasteiger partial charge in [0.2, 0.25) is 0 Å². The van der Waals surface area contributed by atoms with Crippen LogP contribution in [-0.4, -0.2) is 68.2 Å². The molecule has 2 fully saturated rings. The fourth-order valence-corrected chi connectivity index (χ4v) is 3.95. The van der Waals surface area contributed by atoms with Crippen molar-refractivity contribution in [2.45, 2.75) is 57.8 Å². The SMILES string of the molecule is COCCOC1CCN(c2cc(NC3CCCOC3C(C)C)ncn2)CC1. The molecule has 1 N–H and O–H groups in total. The van der Waals surface area contributed by atoms with Gasteiger partial charge >= 0.3 is 0 Å². The summed E-state index contributed by atoms with van der Waals surface area (Å²) in [6.07, 6.45) is 6.46. The first-order valence-electron chi connectivity index (χ1n) is 10.2. The predicted molar refractivity (Wildman–Crippen MR) is 106 cm³/mol. The Balaban J connectivity index is 1.55. The predicted octanol–water partition coefficient (Wildman–Crippen LogP) is 2.72. The van der Waals surface area contributed by atoms with Gasteiger partial charge in [-0.3, -0.25) is 0 Å². The average molecular weight is 379 g/mol. The Morgan fingerprint density at radius 1 is 1.22 bits per heavy atom. The van der Waals surface area contributed by atoms with Gasteiger partial charge in [-0.1, -0.05) is 13.8 Å². The zero-order valence-electron chi connectivity index (χ0n) is 16.9. The molecule has 3 heterocycles. The number of rotatable bonds is 8. The van der Waals surface area contributed by atoms with E-state index in [1.54, 1.807) is 13.4 Å². The molecule has 0 bridgehead atoms. The number of methoxy groups -OCH3 is 1. The van der Waals surface area contributed by atoms with Gasteiger partial charge < -0.3 is 24.4 Å². The van der Waals surface area contributed by atoms with Gasteiger partial charge in [-0.2, -0.15) is 0 Å². The van der Waals surface area contributed by atoms with E-state index in [4.69, 9.17) is 14.2 Å². The molecule has 0 amide bonds. The van der Waals surface area contributed by atoms with E-state index in [1.165, 1.54) is 0 Å². The number of anilines is 2. The summed E-state index contributed by atoms with van der Waals surface area (Å²) < 4.78 is 16.9. The lowest BCUT2D eigenvalue weighted by molar-refractivity contribution is -0.0203. The molecule has 2 unspecified atom stereocenters. The van der Waals surface area contributed by atoms with Crippen molar-refractivity contribution in [1.82, 2.24) is 9.97 Å². The van der Waals surface area contributed by atoms with E-state index < -0.39 is 0 Å². The van der Waals surface area contributed by atoms with E-state index in [2.05, 4.69) is 40.1 Å². The molecule has 152 valence electrons. The number of nitrogens with zero attached hydrogens (tertiary/aromatic N) is 3. The molecule has 2 aliphatic rings. The summed E-state index contributed by atoms with van der Waals surface area (Å²) in [5.41, 5.74) is 0. The van der Waals surface area contributed by atoms with Crippen LogP contribution in [0.4, 0.5) is 11.6 Å². The highest BCUT2D eigenvalue weighted by atomic mass is 16.5. The third kappa shape index (κ3) is 5.77. The number of ether oxygens (including phenoxy) is 3. The molecule has 0 radical (unpaired) electrons. The average Bonchev–Trinajstić information content (AvgIpc) is 2.69. The van der Waals surface area contributed by atoms with Crippen LogP contribution in [0.5, 0.6) is 0 Å². The van der Waals surface area contributed by atoms with Crippen LogP contribution in [0, 0.1) is 5.92 Å². The van der Waals surface area contributed by atoms with E-state index in [9.17, 15) is 0 Å². The lowest BCUT2D eigenvalue weighted by Gasteiger charge is -2.35. The van der Waals surface area contributed by atoms with Crippen LogP contribution < -0.4 is 10.2 Å². The normalized spacial score (nSPS) is 24.4. The van der Waals surface area contributed by atoms with Crippen molar-refractivity contribution >= 4 is 11.6 Å². The van der Waals surface area contributed by atoms with Crippen molar-refractivity contribution in [1.29, 1.82) is 0 Å². The molecule has 3 rings (SSSR count). The molecule has 0 spiro atoms. The standard InChI is InChI=1S/C20H34N4O3/c1-15(2)20-17(5-4-10-27-20)23-18-13-19(22-14-21-18)24-8-6-16(7-9-24)26-12-11-25-3/h13-17,20H,4-12H2,1-3H3,(H,21,22,23). The minimum absolute atomic E-state index is 0.233. The number of piperidine rings is 1. The van der Waals surface area contributed by atoms with Crippen LogP contribution in [0.15, 0.2) is 12.4 Å². The number of hydrogen-bond acceptors (Lipinski definition) is 7. The van der Waals surface area contributed by atoms with Gasteiger partial charge in [-0.15, -0.1) is 0 Å². The second kappa shape index (κ2) is 10.2. The minimum Gasteiger partial charge on any atom is -0.382 e. The highest BCUT2D eigenvalue weighted by molar-refractivity contribution is 5.49. The maximum atomic E-state index is 5.98. The first kappa shape index (κ1) is 20.3. The van der Waals surface area contributed by atoms with Crippen molar-refractivity contribution in [3.63, 3.8) is 0 Å². The van der Waals surface area contributed by atoms with Crippen LogP contribution in [0.25, 0.3) is 0 Å². The fourth-order valence-electron chi connectivity index (χ4n) is 3.95. The Kier molecular flexibility index (Phi) is 7.67. The molecule has 2 aliphatic heterocycles. The maximum Gasteiger partial charge on any atom is 0.134 e. The van der Waals surface area contributed by atoms with E-state index in [0.29, 0.717) is 31.3 Å². The van der Waals surface area contributed by atoms with E-state index in [1.807, 2.05) is 0 Å². The summed E-state index contributed by atoms with van der Waals surface area (Å²) in [6.45, 7) is 8.53. The summed E-state index contributed by atoms with van der Waals surface area (Å²) in [6, 6.07) is 2.37. The summed E-state index contributed by atoms with van der Waals surface area (Å²) in [5.74, 6) is 2.36. The fraction of sp³-hybridized carbons (Fsp3) is 0.800. The monoisotopic (exact) mass is 378 g/mol. The van der Waals surface area contributed by atoms with E-state index in [0.717, 1.165) is 57.0 Å². The lowest BCUT2D eigenvalue weighted by Crippen LogP contribution is -2.43. The van der Waals surface area contributed by atoms with Gasteiger partial charge in [0, 0.05) is 32.9 Å². The van der Waals surface area contributed by atoms with Crippen molar-refractivity contribution in [3.05, 3.63) is 12.4 Å². The van der Waals surface area contributed by atoms with Crippen LogP contribution in [-0.2, 0) is 14.2 Å². The molecule has 2 atom stereocenters. The van der Waals surface area contributed by atoms with E-state index >= 15 is 0 Å². The van der Waals surface area contributed by atoms with Gasteiger partial charge in [-0.05, 0) is 31.6 Å². The topological polar surface area (TPSA) is 68.7 Å². The third-order valence-electron chi connectivity index (χ3n) is 5.42. The van der Waals surface area contributed by atoms with Crippen LogP contribution >= 0.6 is 0 Å². The maximum absolute atomic E-state index is 5.98. The highest BCUT2D eigenvalue weighted by Gasteiger charge is 2.29. The Morgan fingerprint density at radius 3 is 2.78 bits per heavy atom. The second-order valence-corrected chi connectivity index (χ2v) is 7.78. The molecule has 0 aliphatic carbocycles. The number of aromatic nitrogens is 2. The summed E-state index contributed by atoms with van der Waals surface area (Å²) in [5, 5.41) is 3.59. The van der Waals surface area contributed by atoms with Gasteiger partial charge in [0.25, 0.3) is 0 Å². The van der Waals surface area contributed by atoms with Crippen molar-refractivity contribution in [2.24, 2.45) is 5.92 Å². The van der Waals surface area contributed by atoms with Crippen LogP contribution in [0.1, 0.15) is 39.5 Å². The highest BCUT2D eigenvalue weighted by Crippen LogP contribution is 2.25. The molecule has 7 nitrogen and oxygen atoms in total. The van der Waals surface area contributed by atoms with E-state index in [-0.39, 0.29) is 6.10 Å². The second-order valence-electron chi connectivity index (χ2n) is 7.78. The summed E-state index contributed by atoms with van der Waals surface area (Å²) >= 11 is 0. The van der Waals surface area contributed by atoms with Crippen molar-refractivity contribution < 1.29 is 14.2 Å². The van der Waals surface area contributed by atoms with Gasteiger partial charge in [0.1, 0.15) is 18.0 Å². The van der Waals surface area contributed by atoms with Gasteiger partial charge in [0.15, 0.2) is 0 Å². The number of nitrogens with one attached hydrogen (secondary N) is 1.